The summed E-state index contributed by atoms with van der Waals surface area (Å²) in [5.41, 5.74) is 5.38. The molecule has 0 bridgehead atoms. The number of hydrogen-bond donors (Lipinski definition) is 1. The molecule has 3 aromatic rings. The van der Waals surface area contributed by atoms with E-state index in [-0.39, 0.29) is 5.69 Å². The summed E-state index contributed by atoms with van der Waals surface area (Å²) in [5.74, 6) is 0.753. The number of thiazole rings is 1. The summed E-state index contributed by atoms with van der Waals surface area (Å²) in [6.07, 6.45) is 1.68. The van der Waals surface area contributed by atoms with Crippen LogP contribution in [-0.4, -0.2) is 23.2 Å². The van der Waals surface area contributed by atoms with Crippen molar-refractivity contribution >= 4 is 44.3 Å². The number of nitro benzene ring substituents is 1. The topological polar surface area (TPSA) is 89.7 Å². The molecule has 132 valence electrons. The molecule has 0 fully saturated rings. The highest BCUT2D eigenvalue weighted by Crippen LogP contribution is 2.27. The molecule has 26 heavy (non-hydrogen) atoms. The molecule has 0 aliphatic rings. The first-order chi connectivity index (χ1) is 12.6. The van der Waals surface area contributed by atoms with Gasteiger partial charge in [-0.2, -0.15) is 5.10 Å². The molecule has 1 heterocycles. The Morgan fingerprint density at radius 3 is 2.73 bits per heavy atom. The van der Waals surface area contributed by atoms with Crippen molar-refractivity contribution in [2.24, 2.45) is 5.10 Å². The van der Waals surface area contributed by atoms with Gasteiger partial charge in [0.25, 0.3) is 5.69 Å². The van der Waals surface area contributed by atoms with E-state index >= 15 is 0 Å². The number of nitro groups is 1. The fourth-order valence-electron chi connectivity index (χ4n) is 2.14. The molecule has 0 amide bonds. The van der Waals surface area contributed by atoms with E-state index in [4.69, 9.17) is 4.74 Å². The van der Waals surface area contributed by atoms with Gasteiger partial charge in [-0.3, -0.25) is 15.5 Å². The number of ether oxygens (including phenoxy) is 1. The van der Waals surface area contributed by atoms with Crippen molar-refractivity contribution in [3.8, 4) is 17.0 Å². The van der Waals surface area contributed by atoms with E-state index in [2.05, 4.69) is 31.4 Å². The minimum Gasteiger partial charge on any atom is -0.496 e. The first-order valence-corrected chi connectivity index (χ1v) is 9.07. The first-order valence-electron chi connectivity index (χ1n) is 7.40. The van der Waals surface area contributed by atoms with Crippen LogP contribution in [0.2, 0.25) is 0 Å². The van der Waals surface area contributed by atoms with Crippen molar-refractivity contribution in [1.29, 1.82) is 0 Å². The fourth-order valence-corrected chi connectivity index (χ4v) is 3.36. The van der Waals surface area contributed by atoms with E-state index in [9.17, 15) is 10.1 Å². The highest BCUT2D eigenvalue weighted by Gasteiger charge is 2.08. The van der Waals surface area contributed by atoms with Gasteiger partial charge in [0.1, 0.15) is 5.75 Å². The summed E-state index contributed by atoms with van der Waals surface area (Å²) < 4.78 is 6.03. The molecule has 0 atom stereocenters. The second kappa shape index (κ2) is 8.07. The zero-order valence-corrected chi connectivity index (χ0v) is 16.0. The number of rotatable bonds is 6. The normalized spacial score (nSPS) is 10.8. The lowest BCUT2D eigenvalue weighted by Crippen LogP contribution is -1.91. The van der Waals surface area contributed by atoms with Crippen LogP contribution < -0.4 is 10.2 Å². The number of methoxy groups -OCH3 is 1. The van der Waals surface area contributed by atoms with Crippen LogP contribution in [0.5, 0.6) is 5.75 Å². The van der Waals surface area contributed by atoms with Crippen LogP contribution >= 0.6 is 27.3 Å². The Labute approximate surface area is 161 Å². The number of nitrogens with zero attached hydrogens (tertiary/aromatic N) is 3. The number of hydrazone groups is 1. The predicted octanol–water partition coefficient (Wildman–Crippen LogP) is 4.94. The second-order valence-corrected chi connectivity index (χ2v) is 6.82. The van der Waals surface area contributed by atoms with Crippen LogP contribution in [0, 0.1) is 10.1 Å². The van der Waals surface area contributed by atoms with Gasteiger partial charge in [0.15, 0.2) is 0 Å². The van der Waals surface area contributed by atoms with Gasteiger partial charge in [-0.15, -0.1) is 11.3 Å². The third-order valence-electron chi connectivity index (χ3n) is 3.43. The molecule has 1 N–H and O–H groups in total. The largest absolute Gasteiger partial charge is 0.496 e. The summed E-state index contributed by atoms with van der Waals surface area (Å²) in [4.78, 5) is 14.7. The van der Waals surface area contributed by atoms with Crippen molar-refractivity contribution < 1.29 is 9.66 Å². The molecule has 0 radical (unpaired) electrons. The summed E-state index contributed by atoms with van der Waals surface area (Å²) in [5, 5.41) is 17.4. The number of benzene rings is 2. The molecule has 0 aliphatic heterocycles. The maximum atomic E-state index is 10.7. The minimum absolute atomic E-state index is 0.0533. The molecule has 2 aromatic carbocycles. The Hall–Kier alpha value is -2.78. The first kappa shape index (κ1) is 18.0. The second-order valence-electron chi connectivity index (χ2n) is 5.11. The number of hydrogen-bond acceptors (Lipinski definition) is 7. The third-order valence-corrected chi connectivity index (χ3v) is 4.79. The van der Waals surface area contributed by atoms with Crippen LogP contribution in [0.4, 0.5) is 10.8 Å². The molecule has 3 rings (SSSR count). The van der Waals surface area contributed by atoms with Gasteiger partial charge in [0.2, 0.25) is 5.13 Å². The van der Waals surface area contributed by atoms with E-state index in [0.29, 0.717) is 5.13 Å². The van der Waals surface area contributed by atoms with Crippen molar-refractivity contribution in [1.82, 2.24) is 4.98 Å². The van der Waals surface area contributed by atoms with Gasteiger partial charge in [-0.05, 0) is 51.8 Å². The number of non-ortho nitro benzene ring substituents is 1. The van der Waals surface area contributed by atoms with Crippen LogP contribution in [-0.2, 0) is 0 Å². The lowest BCUT2D eigenvalue weighted by Gasteiger charge is -2.03. The minimum atomic E-state index is -0.427. The Bertz CT molecular complexity index is 957. The highest BCUT2D eigenvalue weighted by atomic mass is 79.9. The molecule has 0 saturated heterocycles. The standard InChI is InChI=1S/C17H13BrN4O3S/c1-25-16-7-2-11(8-14(16)18)9-19-21-17-20-15(10-26-17)12-3-5-13(6-4-12)22(23)24/h2-10H,1H3,(H,20,21)/b19-9+. The van der Waals surface area contributed by atoms with Crippen LogP contribution in [0.25, 0.3) is 11.3 Å². The Balaban J connectivity index is 1.66. The number of halogens is 1. The average molecular weight is 433 g/mol. The number of anilines is 1. The highest BCUT2D eigenvalue weighted by molar-refractivity contribution is 9.10. The molecular weight excluding hydrogens is 420 g/mol. The smallest absolute Gasteiger partial charge is 0.269 e. The lowest BCUT2D eigenvalue weighted by atomic mass is 10.1. The van der Waals surface area contributed by atoms with E-state index in [1.165, 1.54) is 23.5 Å². The van der Waals surface area contributed by atoms with Crippen LogP contribution in [0.1, 0.15) is 5.56 Å². The Morgan fingerprint density at radius 1 is 1.31 bits per heavy atom. The summed E-state index contributed by atoms with van der Waals surface area (Å²) >= 11 is 4.83. The van der Waals surface area contributed by atoms with Crippen LogP contribution in [0.3, 0.4) is 0 Å². The van der Waals surface area contributed by atoms with E-state index in [1.54, 1.807) is 25.5 Å². The molecule has 0 spiro atoms. The monoisotopic (exact) mass is 432 g/mol. The number of aromatic nitrogens is 1. The van der Waals surface area contributed by atoms with Gasteiger partial charge >= 0.3 is 0 Å². The molecule has 9 heteroatoms. The zero-order chi connectivity index (χ0) is 18.5. The maximum Gasteiger partial charge on any atom is 0.269 e. The van der Waals surface area contributed by atoms with Crippen molar-refractivity contribution in [3.05, 3.63) is 68.0 Å². The SMILES string of the molecule is COc1ccc(/C=N/Nc2nc(-c3ccc([N+](=O)[O-])cc3)cs2)cc1Br. The molecule has 0 aliphatic carbocycles. The van der Waals surface area contributed by atoms with Crippen molar-refractivity contribution in [3.63, 3.8) is 0 Å². The molecule has 0 unspecified atom stereocenters. The Kier molecular flexibility index (Phi) is 5.59. The molecule has 1 aromatic heterocycles. The Morgan fingerprint density at radius 2 is 2.08 bits per heavy atom. The quantitative estimate of drug-likeness (QED) is 0.338. The lowest BCUT2D eigenvalue weighted by molar-refractivity contribution is -0.384. The average Bonchev–Trinajstić information content (AvgIpc) is 3.11. The van der Waals surface area contributed by atoms with E-state index in [1.807, 2.05) is 23.6 Å². The zero-order valence-electron chi connectivity index (χ0n) is 13.5. The van der Waals surface area contributed by atoms with Crippen molar-refractivity contribution in [2.45, 2.75) is 0 Å². The van der Waals surface area contributed by atoms with Crippen molar-refractivity contribution in [2.75, 3.05) is 12.5 Å². The van der Waals surface area contributed by atoms with Gasteiger partial charge in [0, 0.05) is 23.1 Å². The fraction of sp³-hybridized carbons (Fsp3) is 0.0588. The maximum absolute atomic E-state index is 10.7. The van der Waals surface area contributed by atoms with E-state index < -0.39 is 4.92 Å². The molecule has 0 saturated carbocycles. The van der Waals surface area contributed by atoms with Gasteiger partial charge in [0.05, 0.1) is 28.4 Å². The number of nitrogens with one attached hydrogen (secondary N) is 1. The van der Waals surface area contributed by atoms with Gasteiger partial charge in [-0.25, -0.2) is 4.98 Å². The summed E-state index contributed by atoms with van der Waals surface area (Å²) in [7, 11) is 1.61. The molecular formula is C17H13BrN4O3S. The van der Waals surface area contributed by atoms with Gasteiger partial charge < -0.3 is 4.74 Å². The van der Waals surface area contributed by atoms with Gasteiger partial charge in [-0.1, -0.05) is 0 Å². The third kappa shape index (κ3) is 4.24. The summed E-state index contributed by atoms with van der Waals surface area (Å²) in [6, 6.07) is 11.9. The predicted molar refractivity (Wildman–Crippen MR) is 106 cm³/mol. The molecule has 7 nitrogen and oxygen atoms in total. The van der Waals surface area contributed by atoms with E-state index in [0.717, 1.165) is 27.0 Å². The summed E-state index contributed by atoms with van der Waals surface area (Å²) in [6.45, 7) is 0. The van der Waals surface area contributed by atoms with Crippen LogP contribution in [0.15, 0.2) is 57.4 Å².